The van der Waals surface area contributed by atoms with Crippen molar-refractivity contribution in [2.75, 3.05) is 4.72 Å². The Morgan fingerprint density at radius 2 is 1.63 bits per heavy atom. The summed E-state index contributed by atoms with van der Waals surface area (Å²) in [5.74, 6) is -0.0756. The summed E-state index contributed by atoms with van der Waals surface area (Å²) in [5, 5.41) is 8.67. The number of rotatable bonds is 4. The SMILES string of the molecule is N#Cc1ccc(NS(=O)(=O)Cc2ccccc2)cc1. The summed E-state index contributed by atoms with van der Waals surface area (Å²) in [5.41, 5.74) is 1.67. The van der Waals surface area contributed by atoms with E-state index in [1.54, 1.807) is 48.5 Å². The van der Waals surface area contributed by atoms with Crippen LogP contribution in [0, 0.1) is 11.3 Å². The molecule has 0 heterocycles. The Balaban J connectivity index is 2.11. The molecule has 96 valence electrons. The first-order valence-electron chi connectivity index (χ1n) is 5.64. The molecular formula is C14H12N2O2S. The van der Waals surface area contributed by atoms with Crippen LogP contribution < -0.4 is 4.72 Å². The zero-order valence-electron chi connectivity index (χ0n) is 10.1. The largest absolute Gasteiger partial charge is 0.283 e. The van der Waals surface area contributed by atoms with Gasteiger partial charge in [0, 0.05) is 5.69 Å². The van der Waals surface area contributed by atoms with Crippen molar-refractivity contribution in [2.24, 2.45) is 0 Å². The summed E-state index contributed by atoms with van der Waals surface area (Å²) in [6.07, 6.45) is 0. The van der Waals surface area contributed by atoms with Crippen LogP contribution in [0.2, 0.25) is 0 Å². The van der Waals surface area contributed by atoms with Crippen LogP contribution in [0.4, 0.5) is 5.69 Å². The lowest BCUT2D eigenvalue weighted by atomic mass is 10.2. The van der Waals surface area contributed by atoms with Crippen LogP contribution in [0.25, 0.3) is 0 Å². The van der Waals surface area contributed by atoms with E-state index in [1.165, 1.54) is 0 Å². The smallest absolute Gasteiger partial charge is 0.236 e. The molecule has 2 aromatic carbocycles. The predicted molar refractivity (Wildman–Crippen MR) is 73.8 cm³/mol. The number of nitrogens with one attached hydrogen (secondary N) is 1. The Kier molecular flexibility index (Phi) is 3.83. The Morgan fingerprint density at radius 1 is 1.00 bits per heavy atom. The second-order valence-electron chi connectivity index (χ2n) is 4.04. The van der Waals surface area contributed by atoms with Gasteiger partial charge in [-0.3, -0.25) is 4.72 Å². The third-order valence-electron chi connectivity index (χ3n) is 2.49. The molecule has 0 amide bonds. The maximum Gasteiger partial charge on any atom is 0.236 e. The van der Waals surface area contributed by atoms with Crippen LogP contribution >= 0.6 is 0 Å². The van der Waals surface area contributed by atoms with Crippen molar-refractivity contribution in [1.29, 1.82) is 5.26 Å². The Labute approximate surface area is 112 Å². The van der Waals surface area contributed by atoms with Gasteiger partial charge in [0.15, 0.2) is 0 Å². The molecule has 0 aromatic heterocycles. The van der Waals surface area contributed by atoms with E-state index >= 15 is 0 Å². The molecule has 0 radical (unpaired) electrons. The molecule has 0 fully saturated rings. The van der Waals surface area contributed by atoms with Crippen molar-refractivity contribution in [2.45, 2.75) is 5.75 Å². The van der Waals surface area contributed by atoms with Crippen molar-refractivity contribution < 1.29 is 8.42 Å². The summed E-state index contributed by atoms with van der Waals surface area (Å²) in [6.45, 7) is 0. The van der Waals surface area contributed by atoms with Crippen LogP contribution in [-0.4, -0.2) is 8.42 Å². The van der Waals surface area contributed by atoms with E-state index in [1.807, 2.05) is 12.1 Å². The first-order valence-corrected chi connectivity index (χ1v) is 7.29. The lowest BCUT2D eigenvalue weighted by Crippen LogP contribution is -2.14. The predicted octanol–water partition coefficient (Wildman–Crippen LogP) is 2.50. The second-order valence-corrected chi connectivity index (χ2v) is 5.76. The normalized spacial score (nSPS) is 10.7. The number of sulfonamides is 1. The van der Waals surface area contributed by atoms with Crippen molar-refractivity contribution in [3.05, 3.63) is 65.7 Å². The van der Waals surface area contributed by atoms with Gasteiger partial charge < -0.3 is 0 Å². The standard InChI is InChI=1S/C14H12N2O2S/c15-10-12-6-8-14(9-7-12)16-19(17,18)11-13-4-2-1-3-5-13/h1-9,16H,11H2. The fourth-order valence-corrected chi connectivity index (χ4v) is 2.82. The molecule has 0 bridgehead atoms. The number of nitrogens with zero attached hydrogens (tertiary/aromatic N) is 1. The molecule has 0 saturated carbocycles. The van der Waals surface area contributed by atoms with Crippen molar-refractivity contribution >= 4 is 15.7 Å². The lowest BCUT2D eigenvalue weighted by molar-refractivity contribution is 0.600. The summed E-state index contributed by atoms with van der Waals surface area (Å²) in [6, 6.07) is 17.2. The molecule has 0 spiro atoms. The maximum atomic E-state index is 11.9. The van der Waals surface area contributed by atoms with E-state index in [2.05, 4.69) is 4.72 Å². The lowest BCUT2D eigenvalue weighted by Gasteiger charge is -2.08. The Morgan fingerprint density at radius 3 is 2.21 bits per heavy atom. The molecule has 0 aliphatic heterocycles. The fourth-order valence-electron chi connectivity index (χ4n) is 1.62. The highest BCUT2D eigenvalue weighted by Crippen LogP contribution is 2.13. The van der Waals surface area contributed by atoms with Crippen LogP contribution in [0.1, 0.15) is 11.1 Å². The summed E-state index contributed by atoms with van der Waals surface area (Å²) >= 11 is 0. The molecular weight excluding hydrogens is 260 g/mol. The van der Waals surface area contributed by atoms with Gasteiger partial charge in [0.05, 0.1) is 17.4 Å². The summed E-state index contributed by atoms with van der Waals surface area (Å²) in [4.78, 5) is 0. The number of hydrogen-bond acceptors (Lipinski definition) is 3. The molecule has 2 aromatic rings. The van der Waals surface area contributed by atoms with Crippen LogP contribution in [0.15, 0.2) is 54.6 Å². The van der Waals surface area contributed by atoms with Crippen molar-refractivity contribution in [3.63, 3.8) is 0 Å². The first-order chi connectivity index (χ1) is 9.09. The van der Waals surface area contributed by atoms with E-state index < -0.39 is 10.0 Å². The van der Waals surface area contributed by atoms with Gasteiger partial charge in [-0.1, -0.05) is 30.3 Å². The topological polar surface area (TPSA) is 70.0 Å². The van der Waals surface area contributed by atoms with Crippen molar-refractivity contribution in [3.8, 4) is 6.07 Å². The Hall–Kier alpha value is -2.32. The highest BCUT2D eigenvalue weighted by molar-refractivity contribution is 7.91. The first kappa shape index (κ1) is 13.1. The van der Waals surface area contributed by atoms with E-state index in [9.17, 15) is 8.42 Å². The summed E-state index contributed by atoms with van der Waals surface area (Å²) in [7, 11) is -3.44. The van der Waals surface area contributed by atoms with E-state index in [0.29, 0.717) is 11.3 Å². The quantitative estimate of drug-likeness (QED) is 0.929. The van der Waals surface area contributed by atoms with Crippen molar-refractivity contribution in [1.82, 2.24) is 0 Å². The van der Waals surface area contributed by atoms with Crippen LogP contribution in [0.5, 0.6) is 0 Å². The van der Waals surface area contributed by atoms with E-state index in [4.69, 9.17) is 5.26 Å². The average Bonchev–Trinajstić information content (AvgIpc) is 2.39. The van der Waals surface area contributed by atoms with Crippen LogP contribution in [-0.2, 0) is 15.8 Å². The molecule has 0 atom stereocenters. The molecule has 0 unspecified atom stereocenters. The summed E-state index contributed by atoms with van der Waals surface area (Å²) < 4.78 is 26.4. The van der Waals surface area contributed by atoms with Gasteiger partial charge in [-0.15, -0.1) is 0 Å². The molecule has 1 N–H and O–H groups in total. The second kappa shape index (κ2) is 5.55. The van der Waals surface area contributed by atoms with Crippen LogP contribution in [0.3, 0.4) is 0 Å². The minimum Gasteiger partial charge on any atom is -0.283 e. The molecule has 4 nitrogen and oxygen atoms in total. The molecule has 0 saturated heterocycles. The van der Waals surface area contributed by atoms with Gasteiger partial charge in [0.1, 0.15) is 0 Å². The number of hydrogen-bond donors (Lipinski definition) is 1. The van der Waals surface area contributed by atoms with Gasteiger partial charge in [0.2, 0.25) is 10.0 Å². The number of benzene rings is 2. The van der Waals surface area contributed by atoms with Gasteiger partial charge in [-0.05, 0) is 29.8 Å². The molecule has 0 aliphatic rings. The maximum absolute atomic E-state index is 11.9. The minimum absolute atomic E-state index is 0.0756. The zero-order chi connectivity index (χ0) is 13.7. The average molecular weight is 272 g/mol. The van der Waals surface area contributed by atoms with Gasteiger partial charge in [-0.2, -0.15) is 5.26 Å². The van der Waals surface area contributed by atoms with E-state index in [0.717, 1.165) is 5.56 Å². The van der Waals surface area contributed by atoms with E-state index in [-0.39, 0.29) is 5.75 Å². The number of nitriles is 1. The highest BCUT2D eigenvalue weighted by atomic mass is 32.2. The molecule has 2 rings (SSSR count). The fraction of sp³-hybridized carbons (Fsp3) is 0.0714. The monoisotopic (exact) mass is 272 g/mol. The van der Waals surface area contributed by atoms with Gasteiger partial charge in [0.25, 0.3) is 0 Å². The molecule has 19 heavy (non-hydrogen) atoms. The zero-order valence-corrected chi connectivity index (χ0v) is 10.9. The third-order valence-corrected chi connectivity index (χ3v) is 3.75. The van der Waals surface area contributed by atoms with Gasteiger partial charge in [-0.25, -0.2) is 8.42 Å². The molecule has 5 heteroatoms. The Bertz CT molecular complexity index is 686. The number of anilines is 1. The highest BCUT2D eigenvalue weighted by Gasteiger charge is 2.11. The van der Waals surface area contributed by atoms with Gasteiger partial charge >= 0.3 is 0 Å². The minimum atomic E-state index is -3.44. The third kappa shape index (κ3) is 3.83. The molecule has 0 aliphatic carbocycles.